The molecule has 0 saturated carbocycles. The summed E-state index contributed by atoms with van der Waals surface area (Å²) in [7, 11) is 0. The van der Waals surface area contributed by atoms with Gasteiger partial charge in [0.15, 0.2) is 10.0 Å². The van der Waals surface area contributed by atoms with Crippen molar-refractivity contribution in [1.82, 2.24) is 9.59 Å². The molecule has 4 nitrogen and oxygen atoms in total. The number of halogens is 1. The topological polar surface area (TPSA) is 68.9 Å². The van der Waals surface area contributed by atoms with E-state index in [4.69, 9.17) is 17.3 Å². The zero-order valence-electron chi connectivity index (χ0n) is 4.17. The van der Waals surface area contributed by atoms with Crippen molar-refractivity contribution >= 4 is 29.0 Å². The predicted octanol–water partition coefficient (Wildman–Crippen LogP) is 0.290. The zero-order valence-corrected chi connectivity index (χ0v) is 5.74. The van der Waals surface area contributed by atoms with E-state index in [2.05, 4.69) is 9.59 Å². The van der Waals surface area contributed by atoms with Crippen molar-refractivity contribution in [2.24, 2.45) is 5.73 Å². The maximum atomic E-state index is 10.4. The highest BCUT2D eigenvalue weighted by Gasteiger charge is 2.09. The molecule has 0 aliphatic carbocycles. The Morgan fingerprint density at radius 1 is 1.78 bits per heavy atom. The number of hydrogen-bond acceptors (Lipinski definition) is 4. The molecule has 0 aromatic carbocycles. The van der Waals surface area contributed by atoms with Crippen LogP contribution in [0.4, 0.5) is 0 Å². The molecule has 1 rings (SSSR count). The molecule has 1 amide bonds. The molecule has 1 heterocycles. The summed E-state index contributed by atoms with van der Waals surface area (Å²) in [6.07, 6.45) is 0. The van der Waals surface area contributed by atoms with E-state index in [1.165, 1.54) is 0 Å². The van der Waals surface area contributed by atoms with Crippen LogP contribution in [0.1, 0.15) is 9.67 Å². The molecule has 48 valence electrons. The molecule has 0 unspecified atom stereocenters. The molecule has 6 heteroatoms. The fourth-order valence-electron chi connectivity index (χ4n) is 0.327. The maximum Gasteiger partial charge on any atom is 0.263 e. The van der Waals surface area contributed by atoms with E-state index >= 15 is 0 Å². The summed E-state index contributed by atoms with van der Waals surface area (Å²) in [5.74, 6) is -0.588. The second kappa shape index (κ2) is 2.28. The Kier molecular flexibility index (Phi) is 1.63. The van der Waals surface area contributed by atoms with Crippen LogP contribution >= 0.6 is 23.1 Å². The smallest absolute Gasteiger partial charge is 0.263 e. The number of rotatable bonds is 1. The number of primary amides is 1. The van der Waals surface area contributed by atoms with Crippen molar-refractivity contribution in [3.05, 3.63) is 10.0 Å². The van der Waals surface area contributed by atoms with Gasteiger partial charge < -0.3 is 5.73 Å². The number of aromatic nitrogens is 2. The molecule has 0 fully saturated rings. The van der Waals surface area contributed by atoms with E-state index in [1.54, 1.807) is 0 Å². The molecule has 9 heavy (non-hydrogen) atoms. The summed E-state index contributed by atoms with van der Waals surface area (Å²) in [6.45, 7) is 0. The van der Waals surface area contributed by atoms with Crippen molar-refractivity contribution in [3.63, 3.8) is 0 Å². The Morgan fingerprint density at radius 3 is 2.67 bits per heavy atom. The molecule has 0 aliphatic heterocycles. The Morgan fingerprint density at radius 2 is 2.44 bits per heavy atom. The standard InChI is InChI=1S/C3H2ClN3OS/c4-2-1(3(5)8)9-7-6-2/h(H2,5,8). The molecule has 1 aromatic heterocycles. The lowest BCUT2D eigenvalue weighted by molar-refractivity contribution is 0.100. The molecule has 1 aromatic rings. The first-order valence-electron chi connectivity index (χ1n) is 1.99. The maximum absolute atomic E-state index is 10.4. The molecule has 0 bridgehead atoms. The molecule has 0 spiro atoms. The van der Waals surface area contributed by atoms with Crippen LogP contribution in [0, 0.1) is 0 Å². The first-order valence-corrected chi connectivity index (χ1v) is 3.14. The quantitative estimate of drug-likeness (QED) is 0.647. The number of amides is 1. The number of carbonyl (C=O) groups excluding carboxylic acids is 1. The van der Waals surface area contributed by atoms with Gasteiger partial charge in [-0.1, -0.05) is 16.1 Å². The largest absolute Gasteiger partial charge is 0.365 e. The van der Waals surface area contributed by atoms with Gasteiger partial charge in [-0.2, -0.15) is 0 Å². The summed E-state index contributed by atoms with van der Waals surface area (Å²) in [5.41, 5.74) is 4.87. The van der Waals surface area contributed by atoms with Gasteiger partial charge >= 0.3 is 0 Å². The van der Waals surface area contributed by atoms with Gasteiger partial charge in [0, 0.05) is 0 Å². The van der Waals surface area contributed by atoms with E-state index in [1.807, 2.05) is 0 Å². The van der Waals surface area contributed by atoms with E-state index < -0.39 is 5.91 Å². The Balaban J connectivity index is 3.08. The van der Waals surface area contributed by atoms with E-state index in [0.717, 1.165) is 11.5 Å². The summed E-state index contributed by atoms with van der Waals surface area (Å²) in [4.78, 5) is 10.6. The fourth-order valence-corrected chi connectivity index (χ4v) is 1.02. The second-order valence-corrected chi connectivity index (χ2v) is 2.37. The van der Waals surface area contributed by atoms with Crippen LogP contribution in [0.25, 0.3) is 0 Å². The lowest BCUT2D eigenvalue weighted by atomic mass is 10.5. The third-order valence-corrected chi connectivity index (χ3v) is 1.79. The number of hydrogen-bond donors (Lipinski definition) is 1. The average Bonchev–Trinajstić information content (AvgIpc) is 2.13. The van der Waals surface area contributed by atoms with Gasteiger partial charge in [-0.15, -0.1) is 5.10 Å². The highest BCUT2D eigenvalue weighted by atomic mass is 35.5. The molecular weight excluding hydrogens is 162 g/mol. The second-order valence-electron chi connectivity index (χ2n) is 1.26. The van der Waals surface area contributed by atoms with Crippen molar-refractivity contribution in [2.45, 2.75) is 0 Å². The number of nitrogens with two attached hydrogens (primary N) is 1. The molecule has 0 saturated heterocycles. The Hall–Kier alpha value is -0.680. The van der Waals surface area contributed by atoms with Crippen LogP contribution < -0.4 is 5.73 Å². The van der Waals surface area contributed by atoms with Gasteiger partial charge in [0.05, 0.1) is 0 Å². The summed E-state index contributed by atoms with van der Waals surface area (Å²) in [6, 6.07) is 0. The van der Waals surface area contributed by atoms with Gasteiger partial charge in [0.1, 0.15) is 0 Å². The number of carbonyl (C=O) groups is 1. The Labute approximate surface area is 59.8 Å². The van der Waals surface area contributed by atoms with Gasteiger partial charge in [0.25, 0.3) is 5.91 Å². The van der Waals surface area contributed by atoms with Crippen LogP contribution in [0.3, 0.4) is 0 Å². The van der Waals surface area contributed by atoms with Gasteiger partial charge in [-0.3, -0.25) is 4.79 Å². The third-order valence-electron chi connectivity index (χ3n) is 0.672. The molecule has 0 atom stereocenters. The van der Waals surface area contributed by atoms with Crippen molar-refractivity contribution in [2.75, 3.05) is 0 Å². The average molecular weight is 164 g/mol. The van der Waals surface area contributed by atoms with Crippen molar-refractivity contribution in [1.29, 1.82) is 0 Å². The lowest BCUT2D eigenvalue weighted by Crippen LogP contribution is -2.09. The minimum absolute atomic E-state index is 0.0764. The fraction of sp³-hybridized carbons (Fsp3) is 0. The first kappa shape index (κ1) is 6.44. The van der Waals surface area contributed by atoms with E-state index in [0.29, 0.717) is 0 Å². The van der Waals surface area contributed by atoms with Gasteiger partial charge in [-0.05, 0) is 11.5 Å². The first-order chi connectivity index (χ1) is 4.22. The lowest BCUT2D eigenvalue weighted by Gasteiger charge is -1.81. The summed E-state index contributed by atoms with van der Waals surface area (Å²) >= 11 is 6.26. The predicted molar refractivity (Wildman–Crippen MR) is 33.4 cm³/mol. The van der Waals surface area contributed by atoms with Crippen molar-refractivity contribution in [3.8, 4) is 0 Å². The third kappa shape index (κ3) is 1.17. The minimum Gasteiger partial charge on any atom is -0.365 e. The van der Waals surface area contributed by atoms with E-state index in [-0.39, 0.29) is 10.0 Å². The number of nitrogens with zero attached hydrogens (tertiary/aromatic N) is 2. The van der Waals surface area contributed by atoms with Gasteiger partial charge in [-0.25, -0.2) is 0 Å². The van der Waals surface area contributed by atoms with E-state index in [9.17, 15) is 4.79 Å². The van der Waals surface area contributed by atoms with Crippen LogP contribution in [0.5, 0.6) is 0 Å². The monoisotopic (exact) mass is 163 g/mol. The molecule has 2 N–H and O–H groups in total. The van der Waals surface area contributed by atoms with Crippen molar-refractivity contribution < 1.29 is 4.79 Å². The van der Waals surface area contributed by atoms with Crippen LogP contribution in [-0.4, -0.2) is 15.5 Å². The Bertz CT molecular complexity index is 235. The van der Waals surface area contributed by atoms with Gasteiger partial charge in [0.2, 0.25) is 0 Å². The highest BCUT2D eigenvalue weighted by molar-refractivity contribution is 7.08. The zero-order chi connectivity index (χ0) is 6.85. The highest BCUT2D eigenvalue weighted by Crippen LogP contribution is 2.13. The molecular formula is C3H2ClN3OS. The molecule has 0 aliphatic rings. The van der Waals surface area contributed by atoms with Crippen LogP contribution in [0.15, 0.2) is 0 Å². The summed E-state index contributed by atoms with van der Waals surface area (Å²) in [5, 5.41) is 3.45. The molecule has 0 radical (unpaired) electrons. The van der Waals surface area contributed by atoms with Crippen LogP contribution in [0.2, 0.25) is 5.15 Å². The SMILES string of the molecule is NC(=O)c1snnc1Cl. The summed E-state index contributed by atoms with van der Waals surface area (Å²) < 4.78 is 3.40. The minimum atomic E-state index is -0.588. The van der Waals surface area contributed by atoms with Crippen LogP contribution in [-0.2, 0) is 0 Å². The normalized spacial score (nSPS) is 9.44.